The van der Waals surface area contributed by atoms with E-state index in [4.69, 9.17) is 9.47 Å². The molecule has 10 heteroatoms. The Hall–Kier alpha value is -3.11. The van der Waals surface area contributed by atoms with Crippen LogP contribution in [0, 0.1) is 0 Å². The first kappa shape index (κ1) is 20.2. The number of amides is 1. The standard InChI is InChI=1S/C20H22N4O5S/c1-24(2)30(26,27)14-5-6-15-16(12-14)22-23-20(15)21-19(25)11-13-4-7-17-18(10-13)29-9-3-8-28-17/h4-7,10,12H,3,8-9,11H2,1-2H3,(H2,21,22,23,25). The van der Waals surface area contributed by atoms with Gasteiger partial charge < -0.3 is 14.8 Å². The minimum absolute atomic E-state index is 0.137. The number of carbonyl (C=O) groups excluding carboxylic acids is 1. The number of hydrogen-bond acceptors (Lipinski definition) is 6. The van der Waals surface area contributed by atoms with E-state index in [9.17, 15) is 13.2 Å². The second-order valence-corrected chi connectivity index (χ2v) is 9.28. The maximum absolute atomic E-state index is 12.5. The van der Waals surface area contributed by atoms with Crippen molar-refractivity contribution in [2.45, 2.75) is 17.7 Å². The Kier molecular flexibility index (Phi) is 5.35. The summed E-state index contributed by atoms with van der Waals surface area (Å²) in [6, 6.07) is 10.1. The van der Waals surface area contributed by atoms with Gasteiger partial charge in [-0.25, -0.2) is 12.7 Å². The minimum atomic E-state index is -3.56. The van der Waals surface area contributed by atoms with Gasteiger partial charge in [0.25, 0.3) is 0 Å². The number of ether oxygens (including phenoxy) is 2. The van der Waals surface area contributed by atoms with Gasteiger partial charge in [-0.2, -0.15) is 5.10 Å². The van der Waals surface area contributed by atoms with Crippen LogP contribution in [0.5, 0.6) is 11.5 Å². The van der Waals surface area contributed by atoms with Crippen LogP contribution in [0.3, 0.4) is 0 Å². The van der Waals surface area contributed by atoms with E-state index in [0.29, 0.717) is 41.4 Å². The van der Waals surface area contributed by atoms with E-state index < -0.39 is 10.0 Å². The molecule has 0 saturated carbocycles. The highest BCUT2D eigenvalue weighted by molar-refractivity contribution is 7.89. The van der Waals surface area contributed by atoms with Crippen molar-refractivity contribution in [3.05, 3.63) is 42.0 Å². The molecule has 0 radical (unpaired) electrons. The van der Waals surface area contributed by atoms with E-state index in [0.717, 1.165) is 16.3 Å². The topological polar surface area (TPSA) is 114 Å². The number of hydrogen-bond donors (Lipinski definition) is 2. The number of carbonyl (C=O) groups is 1. The number of nitrogens with one attached hydrogen (secondary N) is 2. The van der Waals surface area contributed by atoms with Gasteiger partial charge >= 0.3 is 0 Å². The molecule has 0 spiro atoms. The van der Waals surface area contributed by atoms with Gasteiger partial charge in [0.05, 0.1) is 30.0 Å². The molecule has 30 heavy (non-hydrogen) atoms. The molecule has 2 N–H and O–H groups in total. The second kappa shape index (κ2) is 7.96. The third-order valence-corrected chi connectivity index (χ3v) is 6.56. The number of fused-ring (bicyclic) bond motifs is 2. The Morgan fingerprint density at radius 3 is 2.67 bits per heavy atom. The van der Waals surface area contributed by atoms with E-state index in [1.807, 2.05) is 6.07 Å². The summed E-state index contributed by atoms with van der Waals surface area (Å²) in [6.07, 6.45) is 0.951. The van der Waals surface area contributed by atoms with Gasteiger partial charge in [-0.05, 0) is 35.9 Å². The van der Waals surface area contributed by atoms with Gasteiger partial charge in [0.1, 0.15) is 0 Å². The fraction of sp³-hybridized carbons (Fsp3) is 0.300. The van der Waals surface area contributed by atoms with E-state index in [1.54, 1.807) is 18.2 Å². The maximum Gasteiger partial charge on any atom is 0.242 e. The van der Waals surface area contributed by atoms with E-state index in [-0.39, 0.29) is 17.2 Å². The van der Waals surface area contributed by atoms with Crippen LogP contribution in [0.1, 0.15) is 12.0 Å². The van der Waals surface area contributed by atoms with Crippen LogP contribution in [0.25, 0.3) is 10.9 Å². The molecule has 9 nitrogen and oxygen atoms in total. The van der Waals surface area contributed by atoms with Crippen LogP contribution in [0.2, 0.25) is 0 Å². The van der Waals surface area contributed by atoms with Gasteiger partial charge in [-0.15, -0.1) is 0 Å². The molecule has 1 amide bonds. The number of aromatic amines is 1. The molecule has 1 aliphatic heterocycles. The lowest BCUT2D eigenvalue weighted by atomic mass is 10.1. The van der Waals surface area contributed by atoms with E-state index in [2.05, 4.69) is 15.5 Å². The summed E-state index contributed by atoms with van der Waals surface area (Å²) >= 11 is 0. The fourth-order valence-electron chi connectivity index (χ4n) is 3.14. The fourth-order valence-corrected chi connectivity index (χ4v) is 4.07. The molecule has 0 fully saturated rings. The van der Waals surface area contributed by atoms with Crippen LogP contribution >= 0.6 is 0 Å². The quantitative estimate of drug-likeness (QED) is 0.641. The lowest BCUT2D eigenvalue weighted by Gasteiger charge is -2.11. The molecule has 1 aliphatic rings. The van der Waals surface area contributed by atoms with Crippen LogP contribution in [0.4, 0.5) is 5.82 Å². The van der Waals surface area contributed by atoms with Crippen LogP contribution < -0.4 is 14.8 Å². The number of rotatable bonds is 5. The van der Waals surface area contributed by atoms with Crippen molar-refractivity contribution in [1.82, 2.24) is 14.5 Å². The van der Waals surface area contributed by atoms with Crippen LogP contribution in [-0.2, 0) is 21.2 Å². The van der Waals surface area contributed by atoms with E-state index in [1.165, 1.54) is 26.2 Å². The Morgan fingerprint density at radius 1 is 1.13 bits per heavy atom. The summed E-state index contributed by atoms with van der Waals surface area (Å²) in [7, 11) is -0.617. The Balaban J connectivity index is 1.50. The normalized spacial score (nSPS) is 14.0. The Bertz CT molecular complexity index is 1200. The highest BCUT2D eigenvalue weighted by Gasteiger charge is 2.19. The first-order valence-corrected chi connectivity index (χ1v) is 10.9. The van der Waals surface area contributed by atoms with Crippen molar-refractivity contribution < 1.29 is 22.7 Å². The van der Waals surface area contributed by atoms with Crippen molar-refractivity contribution in [3.8, 4) is 11.5 Å². The SMILES string of the molecule is CN(C)S(=O)(=O)c1ccc2c(NC(=O)Cc3ccc4c(c3)OCCCO4)n[nH]c2c1. The molecular formula is C20H22N4O5S. The molecule has 0 bridgehead atoms. The summed E-state index contributed by atoms with van der Waals surface area (Å²) in [4.78, 5) is 12.7. The van der Waals surface area contributed by atoms with Gasteiger partial charge in [0, 0.05) is 25.9 Å². The van der Waals surface area contributed by atoms with Crippen LogP contribution in [0.15, 0.2) is 41.3 Å². The second-order valence-electron chi connectivity index (χ2n) is 7.12. The van der Waals surface area contributed by atoms with Gasteiger partial charge in [0.2, 0.25) is 15.9 Å². The highest BCUT2D eigenvalue weighted by atomic mass is 32.2. The predicted octanol–water partition coefficient (Wildman–Crippen LogP) is 2.16. The number of H-pyrrole nitrogens is 1. The molecule has 2 heterocycles. The molecular weight excluding hydrogens is 408 g/mol. The lowest BCUT2D eigenvalue weighted by molar-refractivity contribution is -0.115. The molecule has 0 atom stereocenters. The summed E-state index contributed by atoms with van der Waals surface area (Å²) in [5, 5.41) is 10.3. The number of anilines is 1. The first-order chi connectivity index (χ1) is 14.3. The molecule has 1 aromatic heterocycles. The summed E-state index contributed by atoms with van der Waals surface area (Å²) in [6.45, 7) is 1.18. The lowest BCUT2D eigenvalue weighted by Crippen LogP contribution is -2.22. The van der Waals surface area contributed by atoms with Gasteiger partial charge in [0.15, 0.2) is 17.3 Å². The van der Waals surface area contributed by atoms with Crippen LogP contribution in [-0.4, -0.2) is 56.1 Å². The maximum atomic E-state index is 12.5. The van der Waals surface area contributed by atoms with E-state index >= 15 is 0 Å². The van der Waals surface area contributed by atoms with Crippen molar-refractivity contribution >= 4 is 32.7 Å². The summed E-state index contributed by atoms with van der Waals surface area (Å²) in [5.41, 5.74) is 1.31. The van der Waals surface area contributed by atoms with Crippen molar-refractivity contribution in [2.24, 2.45) is 0 Å². The number of nitrogens with zero attached hydrogens (tertiary/aromatic N) is 2. The van der Waals surface area contributed by atoms with Crippen molar-refractivity contribution in [2.75, 3.05) is 32.6 Å². The summed E-state index contributed by atoms with van der Waals surface area (Å²) < 4.78 is 37.0. The first-order valence-electron chi connectivity index (χ1n) is 9.43. The molecule has 0 saturated heterocycles. The van der Waals surface area contributed by atoms with Gasteiger partial charge in [-0.3, -0.25) is 9.89 Å². The zero-order valence-electron chi connectivity index (χ0n) is 16.6. The monoisotopic (exact) mass is 430 g/mol. The molecule has 0 unspecified atom stereocenters. The zero-order chi connectivity index (χ0) is 21.3. The largest absolute Gasteiger partial charge is 0.490 e. The molecule has 2 aromatic carbocycles. The zero-order valence-corrected chi connectivity index (χ0v) is 17.5. The summed E-state index contributed by atoms with van der Waals surface area (Å²) in [5.74, 6) is 1.41. The highest BCUT2D eigenvalue weighted by Crippen LogP contribution is 2.31. The van der Waals surface area contributed by atoms with Crippen molar-refractivity contribution in [1.29, 1.82) is 0 Å². The Morgan fingerprint density at radius 2 is 1.90 bits per heavy atom. The third kappa shape index (κ3) is 3.96. The third-order valence-electron chi connectivity index (χ3n) is 4.75. The van der Waals surface area contributed by atoms with Gasteiger partial charge in [-0.1, -0.05) is 6.07 Å². The number of sulfonamides is 1. The number of aromatic nitrogens is 2. The molecule has 3 aromatic rings. The molecule has 0 aliphatic carbocycles. The predicted molar refractivity (Wildman–Crippen MR) is 111 cm³/mol. The average Bonchev–Trinajstić information content (AvgIpc) is 2.95. The minimum Gasteiger partial charge on any atom is -0.490 e. The molecule has 4 rings (SSSR count). The van der Waals surface area contributed by atoms with Crippen molar-refractivity contribution in [3.63, 3.8) is 0 Å². The average molecular weight is 430 g/mol. The smallest absolute Gasteiger partial charge is 0.242 e. The number of benzene rings is 2. The molecule has 158 valence electrons. The Labute approximate surface area is 174 Å².